The number of rotatable bonds is 4. The quantitative estimate of drug-likeness (QED) is 0.542. The second-order valence-corrected chi connectivity index (χ2v) is 2.41. The molecule has 0 radical (unpaired) electrons. The number of hydrogen-bond acceptors (Lipinski definition) is 3. The first kappa shape index (κ1) is 8.77. The van der Waals surface area contributed by atoms with E-state index in [4.69, 9.17) is 10.1 Å². The monoisotopic (exact) mass is 167 g/mol. The average molecular weight is 167 g/mol. The summed E-state index contributed by atoms with van der Waals surface area (Å²) in [5, 5.41) is 7.34. The molecule has 0 saturated heterocycles. The fourth-order valence-electron chi connectivity index (χ4n) is 0.896. The van der Waals surface area contributed by atoms with Crippen molar-refractivity contribution in [3.05, 3.63) is 18.7 Å². The Bertz CT molecular complexity index is 230. The van der Waals surface area contributed by atoms with Gasteiger partial charge in [-0.05, 0) is 6.92 Å². The molecule has 1 aromatic heterocycles. The Morgan fingerprint density at radius 2 is 2.50 bits per heavy atom. The molecule has 0 fully saturated rings. The third-order valence-corrected chi connectivity index (χ3v) is 1.47. The molecule has 12 heavy (non-hydrogen) atoms. The summed E-state index contributed by atoms with van der Waals surface area (Å²) in [7, 11) is 0. The molecule has 0 unspecified atom stereocenters. The standard InChI is InChI=1S/C8H13N3O/c1-2-12-8(9)3-5-11-6-4-10-7-11/h4,6-7,9H,2-3,5H2,1H3. The molecule has 4 heteroatoms. The van der Waals surface area contributed by atoms with E-state index in [1.54, 1.807) is 12.5 Å². The lowest BCUT2D eigenvalue weighted by molar-refractivity contribution is 0.311. The van der Waals surface area contributed by atoms with E-state index in [9.17, 15) is 0 Å². The Kier molecular flexibility index (Phi) is 3.32. The number of hydrogen-bond donors (Lipinski definition) is 1. The van der Waals surface area contributed by atoms with Crippen molar-refractivity contribution in [3.8, 4) is 0 Å². The number of ether oxygens (including phenoxy) is 1. The summed E-state index contributed by atoms with van der Waals surface area (Å²) in [5.74, 6) is 0.339. The minimum Gasteiger partial charge on any atom is -0.481 e. The van der Waals surface area contributed by atoms with Crippen molar-refractivity contribution in [2.75, 3.05) is 6.61 Å². The maximum Gasteiger partial charge on any atom is 0.182 e. The molecule has 0 aliphatic rings. The molecule has 0 aliphatic carbocycles. The Hall–Kier alpha value is -1.32. The summed E-state index contributed by atoms with van der Waals surface area (Å²) >= 11 is 0. The minimum atomic E-state index is 0.339. The van der Waals surface area contributed by atoms with Crippen LogP contribution in [0.1, 0.15) is 13.3 Å². The molecule has 1 N–H and O–H groups in total. The highest BCUT2D eigenvalue weighted by Crippen LogP contribution is 1.93. The van der Waals surface area contributed by atoms with Crippen LogP contribution in [-0.4, -0.2) is 22.1 Å². The molecule has 0 aromatic carbocycles. The van der Waals surface area contributed by atoms with Crippen molar-refractivity contribution in [2.45, 2.75) is 19.9 Å². The summed E-state index contributed by atoms with van der Waals surface area (Å²) < 4.78 is 6.91. The Morgan fingerprint density at radius 3 is 3.08 bits per heavy atom. The normalized spacial score (nSPS) is 9.75. The van der Waals surface area contributed by atoms with E-state index in [2.05, 4.69) is 4.98 Å². The summed E-state index contributed by atoms with van der Waals surface area (Å²) in [4.78, 5) is 3.90. The second-order valence-electron chi connectivity index (χ2n) is 2.41. The zero-order valence-electron chi connectivity index (χ0n) is 7.16. The Balaban J connectivity index is 2.22. The first-order valence-electron chi connectivity index (χ1n) is 3.99. The van der Waals surface area contributed by atoms with Gasteiger partial charge in [0.2, 0.25) is 0 Å². The number of nitrogens with zero attached hydrogens (tertiary/aromatic N) is 2. The third kappa shape index (κ3) is 2.74. The van der Waals surface area contributed by atoms with Crippen molar-refractivity contribution < 1.29 is 4.74 Å². The number of imidazole rings is 1. The lowest BCUT2D eigenvalue weighted by Crippen LogP contribution is -2.07. The van der Waals surface area contributed by atoms with Crippen LogP contribution in [0.5, 0.6) is 0 Å². The lowest BCUT2D eigenvalue weighted by atomic mass is 10.4. The van der Waals surface area contributed by atoms with Gasteiger partial charge in [0.1, 0.15) is 0 Å². The predicted molar refractivity (Wildman–Crippen MR) is 46.2 cm³/mol. The van der Waals surface area contributed by atoms with Crippen molar-refractivity contribution >= 4 is 5.90 Å². The van der Waals surface area contributed by atoms with Crippen LogP contribution in [0.4, 0.5) is 0 Å². The summed E-state index contributed by atoms with van der Waals surface area (Å²) in [6.07, 6.45) is 5.97. The van der Waals surface area contributed by atoms with Gasteiger partial charge in [-0.3, -0.25) is 5.41 Å². The van der Waals surface area contributed by atoms with Gasteiger partial charge in [0.25, 0.3) is 0 Å². The van der Waals surface area contributed by atoms with Gasteiger partial charge in [0.15, 0.2) is 5.90 Å². The molecule has 1 heterocycles. The molecule has 0 amide bonds. The first-order valence-corrected chi connectivity index (χ1v) is 3.99. The smallest absolute Gasteiger partial charge is 0.182 e. The van der Waals surface area contributed by atoms with E-state index in [0.717, 1.165) is 6.54 Å². The molecule has 1 rings (SSSR count). The van der Waals surface area contributed by atoms with Gasteiger partial charge in [0.05, 0.1) is 12.9 Å². The van der Waals surface area contributed by atoms with Gasteiger partial charge in [-0.2, -0.15) is 0 Å². The zero-order valence-corrected chi connectivity index (χ0v) is 7.16. The van der Waals surface area contributed by atoms with Gasteiger partial charge >= 0.3 is 0 Å². The van der Waals surface area contributed by atoms with E-state index >= 15 is 0 Å². The van der Waals surface area contributed by atoms with Gasteiger partial charge in [-0.25, -0.2) is 4.98 Å². The van der Waals surface area contributed by atoms with Gasteiger partial charge in [-0.1, -0.05) is 0 Å². The maximum atomic E-state index is 7.34. The SMILES string of the molecule is CCOC(=N)CCn1ccnc1. The van der Waals surface area contributed by atoms with Gasteiger partial charge < -0.3 is 9.30 Å². The highest BCUT2D eigenvalue weighted by atomic mass is 16.5. The molecular formula is C8H13N3O. The van der Waals surface area contributed by atoms with Crippen molar-refractivity contribution in [1.29, 1.82) is 5.41 Å². The third-order valence-electron chi connectivity index (χ3n) is 1.47. The van der Waals surface area contributed by atoms with Crippen LogP contribution in [0.3, 0.4) is 0 Å². The fourth-order valence-corrected chi connectivity index (χ4v) is 0.896. The van der Waals surface area contributed by atoms with Crippen LogP contribution in [-0.2, 0) is 11.3 Å². The van der Waals surface area contributed by atoms with Crippen LogP contribution in [0.25, 0.3) is 0 Å². The Labute approximate surface area is 71.7 Å². The number of aryl methyl sites for hydroxylation is 1. The number of aromatic nitrogens is 2. The summed E-state index contributed by atoms with van der Waals surface area (Å²) in [5.41, 5.74) is 0. The highest BCUT2D eigenvalue weighted by molar-refractivity contribution is 5.72. The van der Waals surface area contributed by atoms with E-state index in [1.165, 1.54) is 0 Å². The molecule has 1 aromatic rings. The largest absolute Gasteiger partial charge is 0.481 e. The molecule has 0 bridgehead atoms. The van der Waals surface area contributed by atoms with Crippen LogP contribution >= 0.6 is 0 Å². The van der Waals surface area contributed by atoms with Crippen molar-refractivity contribution in [1.82, 2.24) is 9.55 Å². The van der Waals surface area contributed by atoms with E-state index in [1.807, 2.05) is 17.7 Å². The van der Waals surface area contributed by atoms with E-state index in [0.29, 0.717) is 18.9 Å². The molecule has 0 saturated carbocycles. The van der Waals surface area contributed by atoms with Crippen LogP contribution in [0, 0.1) is 5.41 Å². The van der Waals surface area contributed by atoms with Crippen LogP contribution in [0.15, 0.2) is 18.7 Å². The van der Waals surface area contributed by atoms with Crippen molar-refractivity contribution in [2.24, 2.45) is 0 Å². The molecule has 4 nitrogen and oxygen atoms in total. The summed E-state index contributed by atoms with van der Waals surface area (Å²) in [6, 6.07) is 0. The van der Waals surface area contributed by atoms with E-state index < -0.39 is 0 Å². The maximum absolute atomic E-state index is 7.34. The van der Waals surface area contributed by atoms with Gasteiger partial charge in [0, 0.05) is 25.4 Å². The molecule has 0 aliphatic heterocycles. The molecule has 0 atom stereocenters. The molecule has 66 valence electrons. The van der Waals surface area contributed by atoms with Crippen LogP contribution < -0.4 is 0 Å². The first-order chi connectivity index (χ1) is 5.83. The minimum absolute atomic E-state index is 0.339. The van der Waals surface area contributed by atoms with Crippen LogP contribution in [0.2, 0.25) is 0 Å². The highest BCUT2D eigenvalue weighted by Gasteiger charge is 1.96. The number of nitrogens with one attached hydrogen (secondary N) is 1. The Morgan fingerprint density at radius 1 is 1.67 bits per heavy atom. The zero-order chi connectivity index (χ0) is 8.81. The summed E-state index contributed by atoms with van der Waals surface area (Å²) in [6.45, 7) is 3.22. The second kappa shape index (κ2) is 4.54. The van der Waals surface area contributed by atoms with Crippen molar-refractivity contribution in [3.63, 3.8) is 0 Å². The average Bonchev–Trinajstić information content (AvgIpc) is 2.53. The molecule has 0 spiro atoms. The van der Waals surface area contributed by atoms with Gasteiger partial charge in [-0.15, -0.1) is 0 Å². The predicted octanol–water partition coefficient (Wildman–Crippen LogP) is 1.29. The topological polar surface area (TPSA) is 50.9 Å². The van der Waals surface area contributed by atoms with E-state index in [-0.39, 0.29) is 0 Å². The fraction of sp³-hybridized carbons (Fsp3) is 0.500. The lowest BCUT2D eigenvalue weighted by Gasteiger charge is -2.04. The molecular weight excluding hydrogens is 154 g/mol.